The van der Waals surface area contributed by atoms with Crippen molar-refractivity contribution < 1.29 is 9.32 Å². The molecule has 5 rings (SSSR count). The lowest BCUT2D eigenvalue weighted by Gasteiger charge is -2.36. The Bertz CT molecular complexity index is 1100. The number of rotatable bonds is 5. The summed E-state index contributed by atoms with van der Waals surface area (Å²) in [7, 11) is 0. The summed E-state index contributed by atoms with van der Waals surface area (Å²) in [6.07, 6.45) is 1.71. The zero-order chi connectivity index (χ0) is 19.6. The second kappa shape index (κ2) is 7.93. The minimum absolute atomic E-state index is 0.0252. The number of benzene rings is 1. The second-order valence-electron chi connectivity index (χ2n) is 6.97. The van der Waals surface area contributed by atoms with E-state index in [2.05, 4.69) is 33.7 Å². The van der Waals surface area contributed by atoms with Crippen LogP contribution < -0.4 is 0 Å². The third-order valence-corrected chi connectivity index (χ3v) is 6.88. The molecule has 1 atom stereocenters. The molecule has 1 amide bonds. The maximum absolute atomic E-state index is 13.2. The highest BCUT2D eigenvalue weighted by atomic mass is 32.1. The van der Waals surface area contributed by atoms with E-state index in [0.29, 0.717) is 24.6 Å². The van der Waals surface area contributed by atoms with Gasteiger partial charge in [0.25, 0.3) is 0 Å². The first-order valence-electron chi connectivity index (χ1n) is 9.55. The van der Waals surface area contributed by atoms with Gasteiger partial charge < -0.3 is 9.42 Å². The first kappa shape index (κ1) is 18.3. The molecule has 0 N–H and O–H groups in total. The molecular weight excluding hydrogens is 402 g/mol. The van der Waals surface area contributed by atoms with Crippen molar-refractivity contribution in [1.29, 1.82) is 0 Å². The maximum Gasteiger partial charge on any atom is 0.227 e. The van der Waals surface area contributed by atoms with E-state index in [0.717, 1.165) is 24.1 Å². The Morgan fingerprint density at radius 2 is 2.07 bits per heavy atom. The second-order valence-corrected chi connectivity index (χ2v) is 8.75. The molecule has 146 valence electrons. The van der Waals surface area contributed by atoms with Gasteiger partial charge in [0.15, 0.2) is 0 Å². The number of fused-ring (bicyclic) bond motifs is 1. The van der Waals surface area contributed by atoms with E-state index in [9.17, 15) is 4.79 Å². The Morgan fingerprint density at radius 3 is 2.90 bits per heavy atom. The fraction of sp³-hybridized carbons (Fsp3) is 0.227. The van der Waals surface area contributed by atoms with Gasteiger partial charge in [-0.15, -0.1) is 11.3 Å². The van der Waals surface area contributed by atoms with E-state index < -0.39 is 0 Å². The molecule has 1 aliphatic heterocycles. The van der Waals surface area contributed by atoms with Crippen molar-refractivity contribution in [1.82, 2.24) is 15.0 Å². The number of hydrogen-bond acceptors (Lipinski definition) is 6. The summed E-state index contributed by atoms with van der Waals surface area (Å²) < 4.78 is 5.36. The van der Waals surface area contributed by atoms with Crippen molar-refractivity contribution in [2.24, 2.45) is 0 Å². The highest BCUT2D eigenvalue weighted by Gasteiger charge is 2.32. The number of nitrogens with zero attached hydrogens (tertiary/aromatic N) is 3. The van der Waals surface area contributed by atoms with Crippen molar-refractivity contribution in [2.75, 3.05) is 6.54 Å². The van der Waals surface area contributed by atoms with Gasteiger partial charge in [-0.1, -0.05) is 35.5 Å². The van der Waals surface area contributed by atoms with Gasteiger partial charge in [0.05, 0.1) is 6.04 Å². The summed E-state index contributed by atoms with van der Waals surface area (Å²) >= 11 is 3.37. The molecule has 0 unspecified atom stereocenters. The van der Waals surface area contributed by atoms with E-state index in [1.165, 1.54) is 10.4 Å². The Labute approximate surface area is 176 Å². The van der Waals surface area contributed by atoms with Crippen LogP contribution in [0.4, 0.5) is 0 Å². The van der Waals surface area contributed by atoms with E-state index in [1.807, 2.05) is 39.9 Å². The fourth-order valence-corrected chi connectivity index (χ4v) is 5.34. The summed E-state index contributed by atoms with van der Waals surface area (Å²) in [6, 6.07) is 14.4. The minimum atomic E-state index is -0.0252. The lowest BCUT2D eigenvalue weighted by Crippen LogP contribution is -2.40. The standard InChI is InChI=1S/C22H19N3O2S2/c26-20(7-6-19-23-22(24-27-19)16-9-12-28-14-16)25-11-8-18-17(10-13-29-18)21(25)15-4-2-1-3-5-15/h1-5,9-10,12-14,21H,6-8,11H2/t21-/m1/s1. The van der Waals surface area contributed by atoms with Crippen LogP contribution in [0.5, 0.6) is 0 Å². The average Bonchev–Trinajstić information content (AvgIpc) is 3.52. The Kier molecular flexibility index (Phi) is 4.99. The van der Waals surface area contributed by atoms with Gasteiger partial charge in [0, 0.05) is 35.2 Å². The van der Waals surface area contributed by atoms with Crippen LogP contribution in [0.1, 0.15) is 34.4 Å². The van der Waals surface area contributed by atoms with Gasteiger partial charge in [-0.2, -0.15) is 16.3 Å². The molecular formula is C22H19N3O2S2. The van der Waals surface area contributed by atoms with Crippen molar-refractivity contribution in [3.05, 3.63) is 80.5 Å². The smallest absolute Gasteiger partial charge is 0.227 e. The van der Waals surface area contributed by atoms with Crippen LogP contribution in [0.15, 0.2) is 63.1 Å². The zero-order valence-electron chi connectivity index (χ0n) is 15.7. The molecule has 0 fully saturated rings. The van der Waals surface area contributed by atoms with E-state index in [-0.39, 0.29) is 11.9 Å². The molecule has 0 bridgehead atoms. The number of hydrogen-bond donors (Lipinski definition) is 0. The molecule has 0 aliphatic carbocycles. The number of carbonyl (C=O) groups is 1. The maximum atomic E-state index is 13.2. The van der Waals surface area contributed by atoms with Crippen LogP contribution >= 0.6 is 22.7 Å². The fourth-order valence-electron chi connectivity index (χ4n) is 3.80. The lowest BCUT2D eigenvalue weighted by atomic mass is 9.93. The quantitative estimate of drug-likeness (QED) is 0.457. The van der Waals surface area contributed by atoms with E-state index in [1.54, 1.807) is 22.7 Å². The summed E-state index contributed by atoms with van der Waals surface area (Å²) in [5.74, 6) is 1.20. The molecule has 1 aromatic carbocycles. The summed E-state index contributed by atoms with van der Waals surface area (Å²) in [5, 5.41) is 10.1. The predicted molar refractivity (Wildman–Crippen MR) is 114 cm³/mol. The third kappa shape index (κ3) is 3.63. The first-order chi connectivity index (χ1) is 14.3. The van der Waals surface area contributed by atoms with Crippen LogP contribution in [-0.4, -0.2) is 27.5 Å². The SMILES string of the molecule is O=C(CCc1nc(-c2ccsc2)no1)N1CCc2sccc2[C@H]1c1ccccc1. The molecule has 0 spiro atoms. The van der Waals surface area contributed by atoms with Gasteiger partial charge in [0.1, 0.15) is 0 Å². The van der Waals surface area contributed by atoms with Crippen LogP contribution in [0, 0.1) is 0 Å². The van der Waals surface area contributed by atoms with E-state index >= 15 is 0 Å². The lowest BCUT2D eigenvalue weighted by molar-refractivity contribution is -0.133. The Morgan fingerprint density at radius 1 is 1.17 bits per heavy atom. The largest absolute Gasteiger partial charge is 0.339 e. The normalized spacial score (nSPS) is 16.0. The van der Waals surface area contributed by atoms with Crippen LogP contribution in [0.25, 0.3) is 11.4 Å². The van der Waals surface area contributed by atoms with Crippen molar-refractivity contribution in [3.63, 3.8) is 0 Å². The summed E-state index contributed by atoms with van der Waals surface area (Å²) in [4.78, 5) is 21.0. The highest BCUT2D eigenvalue weighted by Crippen LogP contribution is 2.38. The minimum Gasteiger partial charge on any atom is -0.339 e. The summed E-state index contributed by atoms with van der Waals surface area (Å²) in [5.41, 5.74) is 3.34. The van der Waals surface area contributed by atoms with Crippen molar-refractivity contribution in [3.8, 4) is 11.4 Å². The molecule has 29 heavy (non-hydrogen) atoms. The predicted octanol–water partition coefficient (Wildman–Crippen LogP) is 4.97. The number of aromatic nitrogens is 2. The third-order valence-electron chi connectivity index (χ3n) is 5.20. The van der Waals surface area contributed by atoms with Gasteiger partial charge in [0.2, 0.25) is 17.6 Å². The molecule has 0 saturated heterocycles. The number of thiophene rings is 2. The molecule has 4 heterocycles. The molecule has 7 heteroatoms. The molecule has 5 nitrogen and oxygen atoms in total. The monoisotopic (exact) mass is 421 g/mol. The Balaban J connectivity index is 1.33. The van der Waals surface area contributed by atoms with Crippen LogP contribution in [0.2, 0.25) is 0 Å². The topological polar surface area (TPSA) is 59.2 Å². The summed E-state index contributed by atoms with van der Waals surface area (Å²) in [6.45, 7) is 0.732. The molecule has 3 aromatic heterocycles. The van der Waals surface area contributed by atoms with Crippen LogP contribution in [-0.2, 0) is 17.6 Å². The average molecular weight is 422 g/mol. The van der Waals surface area contributed by atoms with Gasteiger partial charge >= 0.3 is 0 Å². The highest BCUT2D eigenvalue weighted by molar-refractivity contribution is 7.10. The number of carbonyl (C=O) groups excluding carboxylic acids is 1. The first-order valence-corrected chi connectivity index (χ1v) is 11.4. The van der Waals surface area contributed by atoms with Gasteiger partial charge in [-0.05, 0) is 40.4 Å². The van der Waals surface area contributed by atoms with Crippen LogP contribution in [0.3, 0.4) is 0 Å². The van der Waals surface area contributed by atoms with E-state index in [4.69, 9.17) is 4.52 Å². The number of aryl methyl sites for hydroxylation is 1. The van der Waals surface area contributed by atoms with Crippen molar-refractivity contribution >= 4 is 28.6 Å². The van der Waals surface area contributed by atoms with Gasteiger partial charge in [-0.3, -0.25) is 4.79 Å². The molecule has 4 aromatic rings. The Hall–Kier alpha value is -2.77. The number of amides is 1. The van der Waals surface area contributed by atoms with Crippen molar-refractivity contribution in [2.45, 2.75) is 25.3 Å². The zero-order valence-corrected chi connectivity index (χ0v) is 17.3. The van der Waals surface area contributed by atoms with Gasteiger partial charge in [-0.25, -0.2) is 0 Å². The molecule has 1 aliphatic rings. The molecule has 0 saturated carbocycles. The molecule has 0 radical (unpaired) electrons.